The molecule has 102 valence electrons. The zero-order valence-electron chi connectivity index (χ0n) is 9.95. The Morgan fingerprint density at radius 1 is 1.33 bits per heavy atom. The Morgan fingerprint density at radius 2 is 1.94 bits per heavy atom. The van der Waals surface area contributed by atoms with Gasteiger partial charge in [0.25, 0.3) is 0 Å². The largest absolute Gasteiger partial charge is 0.486 e. The highest BCUT2D eigenvalue weighted by atomic mass is 19.4. The number of alkyl halides is 3. The van der Waals surface area contributed by atoms with Gasteiger partial charge in [-0.15, -0.1) is 0 Å². The molecule has 1 rings (SSSR count). The van der Waals surface area contributed by atoms with E-state index in [1.807, 2.05) is 0 Å². The monoisotopic (exact) mass is 263 g/mol. The minimum atomic E-state index is -4.49. The summed E-state index contributed by atoms with van der Waals surface area (Å²) in [4.78, 5) is 0. The molecule has 0 bridgehead atoms. The molecular weight excluding hydrogens is 247 g/mol. The fourth-order valence-electron chi connectivity index (χ4n) is 1.49. The van der Waals surface area contributed by atoms with Gasteiger partial charge >= 0.3 is 6.18 Å². The van der Waals surface area contributed by atoms with E-state index >= 15 is 0 Å². The molecule has 0 saturated carbocycles. The topological polar surface area (TPSA) is 55.5 Å². The second kappa shape index (κ2) is 6.06. The van der Waals surface area contributed by atoms with Crippen molar-refractivity contribution in [1.82, 2.24) is 0 Å². The van der Waals surface area contributed by atoms with Crippen LogP contribution in [0.25, 0.3) is 0 Å². The number of hydrogen-bond donors (Lipinski definition) is 2. The third-order valence-electron chi connectivity index (χ3n) is 2.60. The molecule has 1 aromatic carbocycles. The fraction of sp³-hybridized carbons (Fsp3) is 0.500. The first-order valence-electron chi connectivity index (χ1n) is 5.59. The Balaban J connectivity index is 2.96. The summed E-state index contributed by atoms with van der Waals surface area (Å²) in [6.07, 6.45) is -4.84. The molecule has 0 spiro atoms. The third kappa shape index (κ3) is 3.61. The van der Waals surface area contributed by atoms with Crippen LogP contribution in [0.4, 0.5) is 13.2 Å². The summed E-state index contributed by atoms with van der Waals surface area (Å²) in [5.74, 6) is -0.312. The molecule has 1 aromatic rings. The first-order valence-corrected chi connectivity index (χ1v) is 5.59. The molecule has 2 unspecified atom stereocenters. The number of ether oxygens (including phenoxy) is 1. The smallest absolute Gasteiger partial charge is 0.419 e. The summed E-state index contributed by atoms with van der Waals surface area (Å²) in [7, 11) is 0. The Bertz CT molecular complexity index is 382. The van der Waals surface area contributed by atoms with Crippen LogP contribution >= 0.6 is 0 Å². The highest BCUT2D eigenvalue weighted by molar-refractivity contribution is 5.35. The van der Waals surface area contributed by atoms with Gasteiger partial charge in [0.15, 0.2) is 0 Å². The van der Waals surface area contributed by atoms with Crippen molar-refractivity contribution in [2.45, 2.75) is 31.7 Å². The van der Waals surface area contributed by atoms with E-state index < -0.39 is 30.5 Å². The number of aliphatic hydroxyl groups excluding tert-OH is 1. The molecule has 0 amide bonds. The molecule has 6 heteroatoms. The lowest BCUT2D eigenvalue weighted by Crippen LogP contribution is -2.41. The molecule has 3 nitrogen and oxygen atoms in total. The molecule has 0 aliphatic carbocycles. The van der Waals surface area contributed by atoms with Crippen molar-refractivity contribution in [3.05, 3.63) is 29.8 Å². The van der Waals surface area contributed by atoms with Gasteiger partial charge in [-0.2, -0.15) is 13.2 Å². The van der Waals surface area contributed by atoms with Crippen molar-refractivity contribution in [2.75, 3.05) is 6.61 Å². The molecule has 0 aromatic heterocycles. The summed E-state index contributed by atoms with van der Waals surface area (Å²) < 4.78 is 43.3. The first-order chi connectivity index (χ1) is 8.40. The molecule has 0 aliphatic rings. The molecule has 0 radical (unpaired) electrons. The average molecular weight is 263 g/mol. The van der Waals surface area contributed by atoms with E-state index in [9.17, 15) is 13.2 Å². The van der Waals surface area contributed by atoms with Gasteiger partial charge in [0.1, 0.15) is 11.9 Å². The van der Waals surface area contributed by atoms with Crippen LogP contribution in [-0.2, 0) is 6.18 Å². The van der Waals surface area contributed by atoms with Gasteiger partial charge in [0, 0.05) is 6.04 Å². The summed E-state index contributed by atoms with van der Waals surface area (Å²) in [5, 5.41) is 9.10. The molecule has 3 N–H and O–H groups in total. The molecule has 18 heavy (non-hydrogen) atoms. The minimum absolute atomic E-state index is 0.312. The van der Waals surface area contributed by atoms with E-state index in [1.165, 1.54) is 18.2 Å². The first kappa shape index (κ1) is 14.8. The van der Waals surface area contributed by atoms with Crippen molar-refractivity contribution in [2.24, 2.45) is 5.73 Å². The average Bonchev–Trinajstić information content (AvgIpc) is 2.34. The van der Waals surface area contributed by atoms with Crippen LogP contribution in [0.15, 0.2) is 24.3 Å². The summed E-state index contributed by atoms with van der Waals surface area (Å²) >= 11 is 0. The van der Waals surface area contributed by atoms with E-state index in [0.29, 0.717) is 6.42 Å². The SMILES string of the molecule is CCC(N)C(CO)Oc1ccccc1C(F)(F)F. The highest BCUT2D eigenvalue weighted by Crippen LogP contribution is 2.36. The van der Waals surface area contributed by atoms with Gasteiger partial charge in [-0.3, -0.25) is 0 Å². The molecular formula is C12H16F3NO2. The number of hydrogen-bond acceptors (Lipinski definition) is 3. The lowest BCUT2D eigenvalue weighted by atomic mass is 10.1. The van der Waals surface area contributed by atoms with Crippen molar-refractivity contribution in [3.8, 4) is 5.75 Å². The Morgan fingerprint density at radius 3 is 2.44 bits per heavy atom. The van der Waals surface area contributed by atoms with Crippen LogP contribution in [0.3, 0.4) is 0 Å². The predicted octanol–water partition coefficient (Wildman–Crippen LogP) is 2.18. The van der Waals surface area contributed by atoms with Gasteiger partial charge in [-0.1, -0.05) is 19.1 Å². The second-order valence-electron chi connectivity index (χ2n) is 3.90. The zero-order valence-corrected chi connectivity index (χ0v) is 9.95. The second-order valence-corrected chi connectivity index (χ2v) is 3.90. The number of benzene rings is 1. The van der Waals surface area contributed by atoms with Crippen molar-refractivity contribution in [3.63, 3.8) is 0 Å². The lowest BCUT2D eigenvalue weighted by molar-refractivity contribution is -0.139. The molecule has 2 atom stereocenters. The lowest BCUT2D eigenvalue weighted by Gasteiger charge is -2.24. The third-order valence-corrected chi connectivity index (χ3v) is 2.60. The molecule has 0 saturated heterocycles. The van der Waals surface area contributed by atoms with Crippen molar-refractivity contribution >= 4 is 0 Å². The van der Waals surface area contributed by atoms with Gasteiger partial charge in [0.05, 0.1) is 12.2 Å². The maximum atomic E-state index is 12.7. The Labute approximate surface area is 103 Å². The van der Waals surface area contributed by atoms with Crippen LogP contribution in [0, 0.1) is 0 Å². The highest BCUT2D eigenvalue weighted by Gasteiger charge is 2.34. The maximum absolute atomic E-state index is 12.7. The number of halogens is 3. The van der Waals surface area contributed by atoms with Gasteiger partial charge < -0.3 is 15.6 Å². The van der Waals surface area contributed by atoms with Crippen LogP contribution in [0.5, 0.6) is 5.75 Å². The summed E-state index contributed by atoms with van der Waals surface area (Å²) in [5.41, 5.74) is 4.80. The number of nitrogens with two attached hydrogens (primary N) is 1. The van der Waals surface area contributed by atoms with Crippen LogP contribution in [0.1, 0.15) is 18.9 Å². The van der Waals surface area contributed by atoms with Crippen LogP contribution in [0.2, 0.25) is 0 Å². The zero-order chi connectivity index (χ0) is 13.8. The number of para-hydroxylation sites is 1. The van der Waals surface area contributed by atoms with Crippen LogP contribution < -0.4 is 10.5 Å². The number of rotatable bonds is 5. The van der Waals surface area contributed by atoms with Crippen molar-refractivity contribution in [1.29, 1.82) is 0 Å². The van der Waals surface area contributed by atoms with Crippen LogP contribution in [-0.4, -0.2) is 23.9 Å². The molecule has 0 heterocycles. The normalized spacial score (nSPS) is 15.2. The van der Waals surface area contributed by atoms with E-state index in [4.69, 9.17) is 15.6 Å². The quantitative estimate of drug-likeness (QED) is 0.856. The van der Waals surface area contributed by atoms with E-state index in [1.54, 1.807) is 6.92 Å². The fourth-order valence-corrected chi connectivity index (χ4v) is 1.49. The molecule has 0 fully saturated rings. The van der Waals surface area contributed by atoms with Gasteiger partial charge in [-0.05, 0) is 18.6 Å². The Hall–Kier alpha value is -1.27. The molecule has 0 aliphatic heterocycles. The summed E-state index contributed by atoms with van der Waals surface area (Å²) in [6.45, 7) is 1.34. The van der Waals surface area contributed by atoms with Crippen molar-refractivity contribution < 1.29 is 23.0 Å². The van der Waals surface area contributed by atoms with E-state index in [2.05, 4.69) is 0 Å². The predicted molar refractivity (Wildman–Crippen MR) is 61.2 cm³/mol. The van der Waals surface area contributed by atoms with E-state index in [0.717, 1.165) is 6.07 Å². The number of aliphatic hydroxyl groups is 1. The Kier molecular flexibility index (Phi) is 4.98. The minimum Gasteiger partial charge on any atom is -0.486 e. The van der Waals surface area contributed by atoms with E-state index in [-0.39, 0.29) is 5.75 Å². The standard InChI is InChI=1S/C12H16F3NO2/c1-2-9(16)11(7-17)18-10-6-4-3-5-8(10)12(13,14)15/h3-6,9,11,17H,2,7,16H2,1H3. The van der Waals surface area contributed by atoms with Gasteiger partial charge in [-0.25, -0.2) is 0 Å². The maximum Gasteiger partial charge on any atom is 0.419 e. The van der Waals surface area contributed by atoms with Gasteiger partial charge in [0.2, 0.25) is 0 Å². The summed E-state index contributed by atoms with van der Waals surface area (Å²) in [6, 6.07) is 4.35.